The summed E-state index contributed by atoms with van der Waals surface area (Å²) in [7, 11) is 1.58. The van der Waals surface area contributed by atoms with Crippen molar-refractivity contribution >= 4 is 11.3 Å². The number of aliphatic hydroxyl groups is 1. The highest BCUT2D eigenvalue weighted by atomic mass is 32.1. The van der Waals surface area contributed by atoms with Crippen LogP contribution in [0.2, 0.25) is 0 Å². The lowest BCUT2D eigenvalue weighted by molar-refractivity contribution is 0.0647. The maximum atomic E-state index is 9.29. The fourth-order valence-corrected chi connectivity index (χ4v) is 1.43. The summed E-state index contributed by atoms with van der Waals surface area (Å²) in [5, 5.41) is 13.2. The van der Waals surface area contributed by atoms with Crippen LogP contribution in [0.1, 0.15) is 11.7 Å². The zero-order chi connectivity index (χ0) is 7.40. The van der Waals surface area contributed by atoms with E-state index in [9.17, 15) is 5.11 Å². The van der Waals surface area contributed by atoms with E-state index in [1.165, 1.54) is 0 Å². The lowest BCUT2D eigenvalue weighted by Gasteiger charge is -2.05. The average molecular weight is 158 g/mol. The molecule has 0 amide bonds. The van der Waals surface area contributed by atoms with Gasteiger partial charge >= 0.3 is 0 Å². The third-order valence-electron chi connectivity index (χ3n) is 1.25. The highest BCUT2D eigenvalue weighted by Crippen LogP contribution is 2.15. The molecular formula is C7H10O2S. The van der Waals surface area contributed by atoms with Crippen molar-refractivity contribution in [1.29, 1.82) is 0 Å². The Morgan fingerprint density at radius 3 is 3.10 bits per heavy atom. The number of hydrogen-bond donors (Lipinski definition) is 1. The molecule has 0 aromatic carbocycles. The molecule has 1 aromatic heterocycles. The SMILES string of the molecule is COCC(O)c1ccsc1. The van der Waals surface area contributed by atoms with E-state index in [1.54, 1.807) is 18.4 Å². The summed E-state index contributed by atoms with van der Waals surface area (Å²) in [6.45, 7) is 0.372. The van der Waals surface area contributed by atoms with Crippen LogP contribution < -0.4 is 0 Å². The second-order valence-corrected chi connectivity index (χ2v) is 2.81. The van der Waals surface area contributed by atoms with Crippen LogP contribution >= 0.6 is 11.3 Å². The molecule has 0 spiro atoms. The van der Waals surface area contributed by atoms with Gasteiger partial charge in [0.2, 0.25) is 0 Å². The van der Waals surface area contributed by atoms with Crippen LogP contribution in [0, 0.1) is 0 Å². The first-order valence-corrected chi connectivity index (χ1v) is 3.98. The van der Waals surface area contributed by atoms with Gasteiger partial charge in [-0.15, -0.1) is 0 Å². The van der Waals surface area contributed by atoms with Gasteiger partial charge in [-0.3, -0.25) is 0 Å². The molecule has 0 aliphatic heterocycles. The van der Waals surface area contributed by atoms with E-state index >= 15 is 0 Å². The first kappa shape index (κ1) is 7.72. The van der Waals surface area contributed by atoms with Crippen molar-refractivity contribution in [2.45, 2.75) is 6.10 Å². The number of methoxy groups -OCH3 is 1. The standard InChI is InChI=1S/C7H10O2S/c1-9-4-7(8)6-2-3-10-5-6/h2-3,5,7-8H,4H2,1H3. The van der Waals surface area contributed by atoms with Crippen molar-refractivity contribution in [1.82, 2.24) is 0 Å². The van der Waals surface area contributed by atoms with Gasteiger partial charge in [-0.05, 0) is 22.4 Å². The molecule has 1 aromatic rings. The summed E-state index contributed by atoms with van der Waals surface area (Å²) in [6.07, 6.45) is -0.462. The fourth-order valence-electron chi connectivity index (χ4n) is 0.719. The maximum absolute atomic E-state index is 9.29. The summed E-state index contributed by atoms with van der Waals surface area (Å²) in [5.74, 6) is 0. The summed E-state index contributed by atoms with van der Waals surface area (Å²) in [5.41, 5.74) is 0.937. The zero-order valence-electron chi connectivity index (χ0n) is 5.78. The van der Waals surface area contributed by atoms with Gasteiger partial charge in [-0.1, -0.05) is 0 Å². The number of hydrogen-bond acceptors (Lipinski definition) is 3. The molecule has 1 atom stereocenters. The minimum atomic E-state index is -0.462. The van der Waals surface area contributed by atoms with Gasteiger partial charge < -0.3 is 9.84 Å². The smallest absolute Gasteiger partial charge is 0.103 e. The Bertz CT molecular complexity index is 172. The third kappa shape index (κ3) is 1.80. The lowest BCUT2D eigenvalue weighted by Crippen LogP contribution is -2.03. The number of ether oxygens (including phenoxy) is 1. The van der Waals surface area contributed by atoms with E-state index in [1.807, 2.05) is 16.8 Å². The van der Waals surface area contributed by atoms with Gasteiger partial charge in [0.25, 0.3) is 0 Å². The van der Waals surface area contributed by atoms with Crippen molar-refractivity contribution in [2.75, 3.05) is 13.7 Å². The number of rotatable bonds is 3. The molecule has 10 heavy (non-hydrogen) atoms. The van der Waals surface area contributed by atoms with Crippen LogP contribution in [0.15, 0.2) is 16.8 Å². The van der Waals surface area contributed by atoms with Gasteiger partial charge in [-0.25, -0.2) is 0 Å². The molecule has 0 fully saturated rings. The average Bonchev–Trinajstić information content (AvgIpc) is 2.38. The fraction of sp³-hybridized carbons (Fsp3) is 0.429. The molecule has 0 saturated carbocycles. The first-order valence-electron chi connectivity index (χ1n) is 3.03. The summed E-state index contributed by atoms with van der Waals surface area (Å²) < 4.78 is 4.78. The van der Waals surface area contributed by atoms with E-state index in [-0.39, 0.29) is 0 Å². The van der Waals surface area contributed by atoms with Crippen molar-refractivity contribution in [3.63, 3.8) is 0 Å². The Balaban J connectivity index is 2.50. The van der Waals surface area contributed by atoms with Gasteiger partial charge in [0, 0.05) is 7.11 Å². The van der Waals surface area contributed by atoms with Crippen LogP contribution in [0.25, 0.3) is 0 Å². The van der Waals surface area contributed by atoms with Crippen LogP contribution in [0.4, 0.5) is 0 Å². The molecule has 2 nitrogen and oxygen atoms in total. The molecule has 0 bridgehead atoms. The molecule has 1 N–H and O–H groups in total. The van der Waals surface area contributed by atoms with Crippen molar-refractivity contribution < 1.29 is 9.84 Å². The van der Waals surface area contributed by atoms with E-state index in [2.05, 4.69) is 0 Å². The molecule has 0 radical (unpaired) electrons. The predicted molar refractivity (Wildman–Crippen MR) is 41.2 cm³/mol. The van der Waals surface area contributed by atoms with E-state index in [4.69, 9.17) is 4.74 Å². The highest BCUT2D eigenvalue weighted by Gasteiger charge is 2.05. The minimum absolute atomic E-state index is 0.372. The van der Waals surface area contributed by atoms with Crippen molar-refractivity contribution in [2.24, 2.45) is 0 Å². The predicted octanol–water partition coefficient (Wildman–Crippen LogP) is 1.43. The van der Waals surface area contributed by atoms with Crippen molar-refractivity contribution in [3.8, 4) is 0 Å². The van der Waals surface area contributed by atoms with E-state index in [0.29, 0.717) is 6.61 Å². The highest BCUT2D eigenvalue weighted by molar-refractivity contribution is 7.07. The molecule has 1 rings (SSSR count). The van der Waals surface area contributed by atoms with Crippen LogP contribution in [0.3, 0.4) is 0 Å². The zero-order valence-corrected chi connectivity index (χ0v) is 6.60. The second kappa shape index (κ2) is 3.71. The monoisotopic (exact) mass is 158 g/mol. The molecule has 1 heterocycles. The Labute approximate surface area is 64.1 Å². The Morgan fingerprint density at radius 2 is 2.60 bits per heavy atom. The molecule has 3 heteroatoms. The minimum Gasteiger partial charge on any atom is -0.386 e. The van der Waals surface area contributed by atoms with E-state index in [0.717, 1.165) is 5.56 Å². The summed E-state index contributed by atoms with van der Waals surface area (Å²) >= 11 is 1.58. The lowest BCUT2D eigenvalue weighted by atomic mass is 10.2. The first-order chi connectivity index (χ1) is 4.84. The van der Waals surface area contributed by atoms with Crippen LogP contribution in [0.5, 0.6) is 0 Å². The number of aliphatic hydroxyl groups excluding tert-OH is 1. The van der Waals surface area contributed by atoms with Crippen molar-refractivity contribution in [3.05, 3.63) is 22.4 Å². The molecular weight excluding hydrogens is 148 g/mol. The normalized spacial score (nSPS) is 13.4. The molecule has 0 aliphatic rings. The third-order valence-corrected chi connectivity index (χ3v) is 1.95. The maximum Gasteiger partial charge on any atom is 0.103 e. The van der Waals surface area contributed by atoms with Gasteiger partial charge in [0.1, 0.15) is 6.10 Å². The Morgan fingerprint density at radius 1 is 1.80 bits per heavy atom. The molecule has 0 saturated heterocycles. The Hall–Kier alpha value is -0.380. The Kier molecular flexibility index (Phi) is 2.86. The summed E-state index contributed by atoms with van der Waals surface area (Å²) in [4.78, 5) is 0. The van der Waals surface area contributed by atoms with Crippen LogP contribution in [-0.4, -0.2) is 18.8 Å². The number of thiophene rings is 1. The molecule has 56 valence electrons. The van der Waals surface area contributed by atoms with E-state index < -0.39 is 6.10 Å². The molecule has 1 unspecified atom stereocenters. The second-order valence-electron chi connectivity index (χ2n) is 2.03. The van der Waals surface area contributed by atoms with Gasteiger partial charge in [0.05, 0.1) is 6.61 Å². The van der Waals surface area contributed by atoms with Gasteiger partial charge in [-0.2, -0.15) is 11.3 Å². The van der Waals surface area contributed by atoms with Crippen LogP contribution in [-0.2, 0) is 4.74 Å². The summed E-state index contributed by atoms with van der Waals surface area (Å²) in [6, 6.07) is 1.90. The topological polar surface area (TPSA) is 29.5 Å². The molecule has 0 aliphatic carbocycles. The van der Waals surface area contributed by atoms with Gasteiger partial charge in [0.15, 0.2) is 0 Å². The quantitative estimate of drug-likeness (QED) is 0.721. The largest absolute Gasteiger partial charge is 0.386 e.